The molecule has 6 nitrogen and oxygen atoms in total. The second kappa shape index (κ2) is 6.31. The highest BCUT2D eigenvalue weighted by Gasteiger charge is 2.39. The average Bonchev–Trinajstić information content (AvgIpc) is 2.71. The van der Waals surface area contributed by atoms with Gasteiger partial charge in [-0.1, -0.05) is 0 Å². The third kappa shape index (κ3) is 4.31. The zero-order valence-corrected chi connectivity index (χ0v) is 13.5. The van der Waals surface area contributed by atoms with E-state index in [1.54, 1.807) is 6.92 Å². The van der Waals surface area contributed by atoms with Gasteiger partial charge >= 0.3 is 6.61 Å². The maximum atomic E-state index is 12.4. The molecule has 9 heteroatoms. The predicted molar refractivity (Wildman–Crippen MR) is 78.8 cm³/mol. The van der Waals surface area contributed by atoms with E-state index in [2.05, 4.69) is 10.1 Å². The summed E-state index contributed by atoms with van der Waals surface area (Å²) < 4.78 is 57.1. The van der Waals surface area contributed by atoms with Crippen molar-refractivity contribution in [2.24, 2.45) is 0 Å². The van der Waals surface area contributed by atoms with Crippen LogP contribution in [0.4, 0.5) is 8.78 Å². The summed E-state index contributed by atoms with van der Waals surface area (Å²) in [4.78, 5) is 12.3. The molecule has 0 bridgehead atoms. The van der Waals surface area contributed by atoms with Crippen molar-refractivity contribution < 1.29 is 31.5 Å². The highest BCUT2D eigenvalue weighted by Crippen LogP contribution is 2.30. The molecule has 1 N–H and O–H groups in total. The number of hydrogen-bond acceptors (Lipinski definition) is 5. The Kier molecular flexibility index (Phi) is 4.79. The fourth-order valence-electron chi connectivity index (χ4n) is 2.46. The highest BCUT2D eigenvalue weighted by molar-refractivity contribution is 7.91. The number of methoxy groups -OCH3 is 1. The van der Waals surface area contributed by atoms with Gasteiger partial charge in [-0.2, -0.15) is 8.78 Å². The second-order valence-corrected chi connectivity index (χ2v) is 7.79. The summed E-state index contributed by atoms with van der Waals surface area (Å²) >= 11 is 0. The first-order chi connectivity index (χ1) is 10.6. The van der Waals surface area contributed by atoms with Crippen molar-refractivity contribution in [1.29, 1.82) is 0 Å². The van der Waals surface area contributed by atoms with Gasteiger partial charge in [-0.05, 0) is 31.5 Å². The van der Waals surface area contributed by atoms with E-state index in [1.807, 2.05) is 0 Å². The number of nitrogens with one attached hydrogen (secondary N) is 1. The number of halogens is 2. The molecule has 0 aromatic heterocycles. The summed E-state index contributed by atoms with van der Waals surface area (Å²) in [5.41, 5.74) is -0.800. The van der Waals surface area contributed by atoms with Crippen molar-refractivity contribution in [3.63, 3.8) is 0 Å². The first kappa shape index (κ1) is 17.5. The van der Waals surface area contributed by atoms with E-state index in [4.69, 9.17) is 4.74 Å². The van der Waals surface area contributed by atoms with E-state index in [0.29, 0.717) is 6.42 Å². The lowest BCUT2D eigenvalue weighted by molar-refractivity contribution is -0.0512. The molecule has 0 spiro atoms. The Morgan fingerprint density at radius 2 is 2.04 bits per heavy atom. The van der Waals surface area contributed by atoms with Crippen molar-refractivity contribution >= 4 is 15.7 Å². The van der Waals surface area contributed by atoms with Crippen LogP contribution >= 0.6 is 0 Å². The number of ether oxygens (including phenoxy) is 2. The van der Waals surface area contributed by atoms with Crippen molar-refractivity contribution in [2.75, 3.05) is 18.6 Å². The maximum Gasteiger partial charge on any atom is 0.387 e. The van der Waals surface area contributed by atoms with Crippen LogP contribution in [-0.2, 0) is 9.84 Å². The molecular weight excluding hydrogens is 332 g/mol. The average molecular weight is 349 g/mol. The zero-order valence-electron chi connectivity index (χ0n) is 12.6. The fraction of sp³-hybridized carbons (Fsp3) is 0.500. The Hall–Kier alpha value is -1.90. The van der Waals surface area contributed by atoms with E-state index >= 15 is 0 Å². The minimum Gasteiger partial charge on any atom is -0.493 e. The summed E-state index contributed by atoms with van der Waals surface area (Å²) in [6, 6.07) is 3.85. The minimum absolute atomic E-state index is 0.00609. The van der Waals surface area contributed by atoms with Crippen LogP contribution < -0.4 is 14.8 Å². The molecule has 1 atom stereocenters. The van der Waals surface area contributed by atoms with Crippen LogP contribution in [0.5, 0.6) is 11.5 Å². The van der Waals surface area contributed by atoms with Crippen molar-refractivity contribution in [1.82, 2.24) is 5.32 Å². The third-order valence-electron chi connectivity index (χ3n) is 3.56. The van der Waals surface area contributed by atoms with Crippen molar-refractivity contribution in [3.8, 4) is 11.5 Å². The van der Waals surface area contributed by atoms with E-state index in [9.17, 15) is 22.0 Å². The molecule has 0 aliphatic carbocycles. The molecule has 0 saturated carbocycles. The lowest BCUT2D eigenvalue weighted by atomic mass is 10.0. The van der Waals surface area contributed by atoms with Gasteiger partial charge in [0, 0.05) is 5.56 Å². The first-order valence-electron chi connectivity index (χ1n) is 6.80. The van der Waals surface area contributed by atoms with Gasteiger partial charge in [0.05, 0.1) is 24.2 Å². The van der Waals surface area contributed by atoms with Gasteiger partial charge in [0.25, 0.3) is 5.91 Å². The van der Waals surface area contributed by atoms with Crippen molar-refractivity contribution in [2.45, 2.75) is 25.5 Å². The second-order valence-electron chi connectivity index (χ2n) is 5.60. The van der Waals surface area contributed by atoms with Gasteiger partial charge in [-0.25, -0.2) is 8.42 Å². The number of rotatable bonds is 5. The van der Waals surface area contributed by atoms with Gasteiger partial charge in [-0.3, -0.25) is 4.79 Å². The number of sulfone groups is 1. The smallest absolute Gasteiger partial charge is 0.387 e. The third-order valence-corrected chi connectivity index (χ3v) is 5.46. The molecule has 1 aliphatic rings. The molecule has 1 amide bonds. The SMILES string of the molecule is COc1ccc(C(=O)N[C@]2(C)CCS(=O)(=O)C2)cc1OC(F)F. The van der Waals surface area contributed by atoms with E-state index < -0.39 is 27.9 Å². The largest absolute Gasteiger partial charge is 0.493 e. The number of carbonyl (C=O) groups is 1. The van der Waals surface area contributed by atoms with Gasteiger partial charge in [-0.15, -0.1) is 0 Å². The number of carbonyl (C=O) groups excluding carboxylic acids is 1. The van der Waals surface area contributed by atoms with Gasteiger partial charge in [0.15, 0.2) is 21.3 Å². The van der Waals surface area contributed by atoms with Gasteiger partial charge in [0.2, 0.25) is 0 Å². The molecular formula is C14H17F2NO5S. The standard InChI is InChI=1S/C14H17F2NO5S/c1-14(5-6-23(19,20)8-14)17-12(18)9-3-4-10(21-2)11(7-9)22-13(15)16/h3-4,7,13H,5-6,8H2,1-2H3,(H,17,18)/t14-/m1/s1. The van der Waals surface area contributed by atoms with Gasteiger partial charge in [0.1, 0.15) is 0 Å². The summed E-state index contributed by atoms with van der Waals surface area (Å²) in [6.45, 7) is -1.42. The lowest BCUT2D eigenvalue weighted by Gasteiger charge is -2.24. The lowest BCUT2D eigenvalue weighted by Crippen LogP contribution is -2.46. The van der Waals surface area contributed by atoms with E-state index in [1.165, 1.54) is 19.2 Å². The highest BCUT2D eigenvalue weighted by atomic mass is 32.2. The fourth-order valence-corrected chi connectivity index (χ4v) is 4.55. The molecule has 1 aromatic carbocycles. The molecule has 2 rings (SSSR count). The summed E-state index contributed by atoms with van der Waals surface area (Å²) in [6.07, 6.45) is 0.303. The Bertz CT molecular complexity index is 707. The summed E-state index contributed by atoms with van der Waals surface area (Å²) in [5, 5.41) is 2.64. The minimum atomic E-state index is -3.18. The molecule has 1 fully saturated rings. The van der Waals surface area contributed by atoms with Crippen LogP contribution in [0, 0.1) is 0 Å². The molecule has 128 valence electrons. The number of hydrogen-bond donors (Lipinski definition) is 1. The topological polar surface area (TPSA) is 81.7 Å². The van der Waals surface area contributed by atoms with Crippen LogP contribution in [0.25, 0.3) is 0 Å². The Labute approximate surface area is 132 Å². The molecule has 1 heterocycles. The van der Waals surface area contributed by atoms with Crippen LogP contribution in [0.15, 0.2) is 18.2 Å². The van der Waals surface area contributed by atoms with Crippen LogP contribution in [0.2, 0.25) is 0 Å². The van der Waals surface area contributed by atoms with E-state index in [0.717, 1.165) is 6.07 Å². The van der Waals surface area contributed by atoms with Crippen LogP contribution in [0.3, 0.4) is 0 Å². The predicted octanol–water partition coefficient (Wildman–Crippen LogP) is 1.60. The Morgan fingerprint density at radius 3 is 2.57 bits per heavy atom. The van der Waals surface area contributed by atoms with E-state index in [-0.39, 0.29) is 28.6 Å². The molecule has 23 heavy (non-hydrogen) atoms. The number of amides is 1. The Morgan fingerprint density at radius 1 is 1.35 bits per heavy atom. The quantitative estimate of drug-likeness (QED) is 0.873. The van der Waals surface area contributed by atoms with Crippen LogP contribution in [-0.4, -0.2) is 45.1 Å². The van der Waals surface area contributed by atoms with Gasteiger partial charge < -0.3 is 14.8 Å². The molecule has 0 radical (unpaired) electrons. The number of benzene rings is 1. The normalized spacial score (nSPS) is 22.8. The molecule has 1 saturated heterocycles. The number of alkyl halides is 2. The summed E-state index contributed by atoms with van der Waals surface area (Å²) in [5.74, 6) is -0.906. The van der Waals surface area contributed by atoms with Crippen molar-refractivity contribution in [3.05, 3.63) is 23.8 Å². The molecule has 0 unspecified atom stereocenters. The zero-order chi connectivity index (χ0) is 17.3. The molecule has 1 aliphatic heterocycles. The Balaban J connectivity index is 2.19. The first-order valence-corrected chi connectivity index (χ1v) is 8.62. The maximum absolute atomic E-state index is 12.4. The summed E-state index contributed by atoms with van der Waals surface area (Å²) in [7, 11) is -1.89. The monoisotopic (exact) mass is 349 g/mol. The van der Waals surface area contributed by atoms with Crippen LogP contribution in [0.1, 0.15) is 23.7 Å². The molecule has 1 aromatic rings.